The fraction of sp³-hybridized carbons (Fsp3) is 0.650. The van der Waals surface area contributed by atoms with Crippen LogP contribution in [-0.2, 0) is 5.41 Å². The average Bonchev–Trinajstić information content (AvgIpc) is 3.27. The molecule has 0 radical (unpaired) electrons. The number of hydrogen-bond acceptors (Lipinski definition) is 2. The maximum Gasteiger partial charge on any atom is 0.191 e. The number of guanidine groups is 1. The van der Waals surface area contributed by atoms with E-state index in [1.54, 1.807) is 12.1 Å². The second-order valence-electron chi connectivity index (χ2n) is 7.38. The van der Waals surface area contributed by atoms with Gasteiger partial charge in [0.15, 0.2) is 5.96 Å². The highest BCUT2D eigenvalue weighted by Gasteiger charge is 2.45. The van der Waals surface area contributed by atoms with Gasteiger partial charge in [0.2, 0.25) is 0 Å². The SMILES string of the molecule is CCNC(=NCC1(c2ccccc2F)CC1)NCC1CCN(CC)C1. The molecule has 1 heterocycles. The highest BCUT2D eigenvalue weighted by atomic mass is 19.1. The van der Waals surface area contributed by atoms with Gasteiger partial charge in [-0.2, -0.15) is 0 Å². The van der Waals surface area contributed by atoms with Crippen molar-refractivity contribution in [2.24, 2.45) is 10.9 Å². The van der Waals surface area contributed by atoms with Crippen LogP contribution in [-0.4, -0.2) is 50.1 Å². The van der Waals surface area contributed by atoms with Gasteiger partial charge in [-0.3, -0.25) is 4.99 Å². The van der Waals surface area contributed by atoms with E-state index >= 15 is 0 Å². The van der Waals surface area contributed by atoms with Gasteiger partial charge < -0.3 is 15.5 Å². The van der Waals surface area contributed by atoms with Crippen molar-refractivity contribution in [3.05, 3.63) is 35.6 Å². The Kier molecular flexibility index (Phi) is 5.94. The molecule has 0 amide bonds. The standard InChI is InChI=1S/C20H31FN4/c1-3-22-19(23-13-16-9-12-25(4-2)14-16)24-15-20(10-11-20)17-7-5-6-8-18(17)21/h5-8,16H,3-4,9-15H2,1-2H3,(H2,22,23,24). The van der Waals surface area contributed by atoms with E-state index in [9.17, 15) is 4.39 Å². The number of rotatable bonds is 7. The minimum Gasteiger partial charge on any atom is -0.357 e. The molecule has 2 aliphatic rings. The molecular weight excluding hydrogens is 315 g/mol. The minimum absolute atomic E-state index is 0.0972. The number of benzene rings is 1. The monoisotopic (exact) mass is 346 g/mol. The molecule has 5 heteroatoms. The van der Waals surface area contributed by atoms with E-state index in [1.165, 1.54) is 19.5 Å². The van der Waals surface area contributed by atoms with Gasteiger partial charge in [0.25, 0.3) is 0 Å². The second-order valence-corrected chi connectivity index (χ2v) is 7.38. The van der Waals surface area contributed by atoms with Gasteiger partial charge in [-0.1, -0.05) is 25.1 Å². The van der Waals surface area contributed by atoms with Crippen LogP contribution in [0.4, 0.5) is 4.39 Å². The van der Waals surface area contributed by atoms with Gasteiger partial charge >= 0.3 is 0 Å². The summed E-state index contributed by atoms with van der Waals surface area (Å²) < 4.78 is 14.1. The number of likely N-dealkylation sites (tertiary alicyclic amines) is 1. The van der Waals surface area contributed by atoms with Gasteiger partial charge in [0, 0.05) is 25.0 Å². The maximum absolute atomic E-state index is 14.1. The molecule has 2 N–H and O–H groups in total. The summed E-state index contributed by atoms with van der Waals surface area (Å²) in [6.07, 6.45) is 3.29. The van der Waals surface area contributed by atoms with Crippen LogP contribution in [0, 0.1) is 11.7 Å². The van der Waals surface area contributed by atoms with Gasteiger partial charge in [-0.05, 0) is 56.8 Å². The maximum atomic E-state index is 14.1. The first-order valence-electron chi connectivity index (χ1n) is 9.66. The first kappa shape index (κ1) is 18.2. The van der Waals surface area contributed by atoms with Gasteiger partial charge in [0.05, 0.1) is 6.54 Å². The first-order valence-corrected chi connectivity index (χ1v) is 9.66. The van der Waals surface area contributed by atoms with Crippen molar-refractivity contribution >= 4 is 5.96 Å². The van der Waals surface area contributed by atoms with Crippen LogP contribution in [0.3, 0.4) is 0 Å². The molecule has 0 spiro atoms. The van der Waals surface area contributed by atoms with Crippen molar-refractivity contribution in [1.82, 2.24) is 15.5 Å². The molecule has 1 atom stereocenters. The summed E-state index contributed by atoms with van der Waals surface area (Å²) >= 11 is 0. The lowest BCUT2D eigenvalue weighted by Crippen LogP contribution is -2.40. The summed E-state index contributed by atoms with van der Waals surface area (Å²) in [7, 11) is 0. The van der Waals surface area contributed by atoms with Crippen LogP contribution in [0.25, 0.3) is 0 Å². The van der Waals surface area contributed by atoms with Gasteiger partial charge in [0.1, 0.15) is 5.82 Å². The Bertz CT molecular complexity index is 597. The Labute approximate surface area is 150 Å². The zero-order valence-electron chi connectivity index (χ0n) is 15.5. The largest absolute Gasteiger partial charge is 0.357 e. The summed E-state index contributed by atoms with van der Waals surface area (Å²) in [6, 6.07) is 7.15. The molecule has 1 aliphatic heterocycles. The fourth-order valence-corrected chi connectivity index (χ4v) is 3.73. The van der Waals surface area contributed by atoms with Crippen LogP contribution in [0.2, 0.25) is 0 Å². The first-order chi connectivity index (χ1) is 12.2. The minimum atomic E-state index is -0.0984. The zero-order chi connectivity index (χ0) is 17.7. The summed E-state index contributed by atoms with van der Waals surface area (Å²) in [5.41, 5.74) is 0.726. The third kappa shape index (κ3) is 4.51. The molecular formula is C20H31FN4. The molecule has 1 aromatic carbocycles. The molecule has 0 bridgehead atoms. The quantitative estimate of drug-likeness (QED) is 0.589. The summed E-state index contributed by atoms with van der Waals surface area (Å²) in [5, 5.41) is 6.82. The summed E-state index contributed by atoms with van der Waals surface area (Å²) in [5.74, 6) is 1.45. The lowest BCUT2D eigenvalue weighted by Gasteiger charge is -2.18. The molecule has 3 rings (SSSR count). The average molecular weight is 346 g/mol. The van der Waals surface area contributed by atoms with Crippen LogP contribution in [0.1, 0.15) is 38.7 Å². The van der Waals surface area contributed by atoms with E-state index in [2.05, 4.69) is 29.4 Å². The van der Waals surface area contributed by atoms with Crippen molar-refractivity contribution in [2.75, 3.05) is 39.3 Å². The third-order valence-electron chi connectivity index (χ3n) is 5.56. The van der Waals surface area contributed by atoms with E-state index < -0.39 is 0 Å². The Morgan fingerprint density at radius 3 is 2.72 bits per heavy atom. The summed E-state index contributed by atoms with van der Waals surface area (Å²) in [4.78, 5) is 7.27. The molecule has 0 aromatic heterocycles. The number of nitrogens with zero attached hydrogens (tertiary/aromatic N) is 2. The predicted octanol–water partition coefficient (Wildman–Crippen LogP) is 2.75. The number of aliphatic imine (C=N–C) groups is 1. The number of halogens is 1. The van der Waals surface area contributed by atoms with E-state index in [0.29, 0.717) is 12.5 Å². The van der Waals surface area contributed by atoms with E-state index in [4.69, 9.17) is 4.99 Å². The Hall–Kier alpha value is -1.62. The van der Waals surface area contributed by atoms with Crippen LogP contribution >= 0.6 is 0 Å². The number of hydrogen-bond donors (Lipinski definition) is 2. The van der Waals surface area contributed by atoms with Crippen molar-refractivity contribution in [3.63, 3.8) is 0 Å². The fourth-order valence-electron chi connectivity index (χ4n) is 3.73. The smallest absolute Gasteiger partial charge is 0.191 e. The van der Waals surface area contributed by atoms with Gasteiger partial charge in [-0.25, -0.2) is 4.39 Å². The molecule has 1 saturated carbocycles. The van der Waals surface area contributed by atoms with E-state index in [1.807, 2.05) is 12.1 Å². The van der Waals surface area contributed by atoms with Gasteiger partial charge in [-0.15, -0.1) is 0 Å². The van der Waals surface area contributed by atoms with E-state index in [0.717, 1.165) is 44.0 Å². The molecule has 4 nitrogen and oxygen atoms in total. The third-order valence-corrected chi connectivity index (χ3v) is 5.56. The molecule has 1 aromatic rings. The lowest BCUT2D eigenvalue weighted by atomic mass is 9.95. The highest BCUT2D eigenvalue weighted by molar-refractivity contribution is 5.79. The van der Waals surface area contributed by atoms with Crippen molar-refractivity contribution in [1.29, 1.82) is 0 Å². The van der Waals surface area contributed by atoms with Crippen LogP contribution < -0.4 is 10.6 Å². The zero-order valence-corrected chi connectivity index (χ0v) is 15.5. The molecule has 25 heavy (non-hydrogen) atoms. The molecule has 1 aliphatic carbocycles. The van der Waals surface area contributed by atoms with Crippen molar-refractivity contribution in [2.45, 2.75) is 38.5 Å². The van der Waals surface area contributed by atoms with Crippen molar-refractivity contribution in [3.8, 4) is 0 Å². The normalized spacial score (nSPS) is 22.8. The highest BCUT2D eigenvalue weighted by Crippen LogP contribution is 2.49. The van der Waals surface area contributed by atoms with Crippen LogP contribution in [0.15, 0.2) is 29.3 Å². The predicted molar refractivity (Wildman–Crippen MR) is 102 cm³/mol. The van der Waals surface area contributed by atoms with Crippen molar-refractivity contribution < 1.29 is 4.39 Å². The Morgan fingerprint density at radius 1 is 1.28 bits per heavy atom. The molecule has 138 valence electrons. The second kappa shape index (κ2) is 8.17. The Balaban J connectivity index is 1.58. The molecule has 1 saturated heterocycles. The topological polar surface area (TPSA) is 39.7 Å². The Morgan fingerprint density at radius 2 is 2.08 bits per heavy atom. The van der Waals surface area contributed by atoms with Crippen LogP contribution in [0.5, 0.6) is 0 Å². The molecule has 2 fully saturated rings. The lowest BCUT2D eigenvalue weighted by molar-refractivity contribution is 0.342. The summed E-state index contributed by atoms with van der Waals surface area (Å²) in [6.45, 7) is 10.2. The number of nitrogens with one attached hydrogen (secondary N) is 2. The molecule has 1 unspecified atom stereocenters. The van der Waals surface area contributed by atoms with E-state index in [-0.39, 0.29) is 11.2 Å².